The molecule has 0 aliphatic rings. The van der Waals surface area contributed by atoms with Crippen LogP contribution in [0.15, 0.2) is 24.3 Å². The van der Waals surface area contributed by atoms with Gasteiger partial charge in [-0.3, -0.25) is 4.79 Å². The van der Waals surface area contributed by atoms with Crippen LogP contribution in [-0.4, -0.2) is 24.1 Å². The van der Waals surface area contributed by atoms with E-state index >= 15 is 0 Å². The standard InChI is InChI=1S/C10H14N2O2/c1-2-11-7-10(14)12-8-4-3-5-9(13)6-8/h3-6,11,13H,2,7H2,1H3,(H,12,14). The number of benzene rings is 1. The van der Waals surface area contributed by atoms with Crippen LogP contribution in [-0.2, 0) is 4.79 Å². The molecule has 0 bridgehead atoms. The first-order valence-electron chi connectivity index (χ1n) is 4.52. The summed E-state index contributed by atoms with van der Waals surface area (Å²) < 4.78 is 0. The molecule has 1 aromatic carbocycles. The molecule has 0 heterocycles. The van der Waals surface area contributed by atoms with Crippen LogP contribution in [0.25, 0.3) is 0 Å². The van der Waals surface area contributed by atoms with E-state index in [0.717, 1.165) is 6.54 Å². The molecule has 0 aromatic heterocycles. The van der Waals surface area contributed by atoms with Crippen molar-refractivity contribution in [1.82, 2.24) is 5.32 Å². The molecule has 1 aromatic rings. The number of amides is 1. The molecule has 4 nitrogen and oxygen atoms in total. The molecule has 0 unspecified atom stereocenters. The first-order valence-corrected chi connectivity index (χ1v) is 4.52. The van der Waals surface area contributed by atoms with E-state index in [1.165, 1.54) is 6.07 Å². The van der Waals surface area contributed by atoms with Gasteiger partial charge in [-0.1, -0.05) is 13.0 Å². The highest BCUT2D eigenvalue weighted by Crippen LogP contribution is 2.14. The highest BCUT2D eigenvalue weighted by atomic mass is 16.3. The van der Waals surface area contributed by atoms with E-state index in [1.54, 1.807) is 18.2 Å². The zero-order valence-corrected chi connectivity index (χ0v) is 8.08. The molecule has 0 aliphatic heterocycles. The maximum Gasteiger partial charge on any atom is 0.238 e. The second kappa shape index (κ2) is 5.24. The number of aromatic hydroxyl groups is 1. The lowest BCUT2D eigenvalue weighted by molar-refractivity contribution is -0.115. The minimum atomic E-state index is -0.113. The molecule has 1 rings (SSSR count). The summed E-state index contributed by atoms with van der Waals surface area (Å²) >= 11 is 0. The van der Waals surface area contributed by atoms with Gasteiger partial charge in [-0.2, -0.15) is 0 Å². The van der Waals surface area contributed by atoms with Crippen LogP contribution in [0.3, 0.4) is 0 Å². The molecule has 76 valence electrons. The Labute approximate surface area is 82.9 Å². The lowest BCUT2D eigenvalue weighted by atomic mass is 10.3. The van der Waals surface area contributed by atoms with Crippen LogP contribution in [0.5, 0.6) is 5.75 Å². The number of anilines is 1. The highest BCUT2D eigenvalue weighted by molar-refractivity contribution is 5.92. The van der Waals surface area contributed by atoms with Crippen molar-refractivity contribution in [1.29, 1.82) is 0 Å². The number of phenols is 1. The zero-order chi connectivity index (χ0) is 10.4. The average molecular weight is 194 g/mol. The van der Waals surface area contributed by atoms with E-state index in [4.69, 9.17) is 5.11 Å². The maximum atomic E-state index is 11.2. The molecular weight excluding hydrogens is 180 g/mol. The predicted molar refractivity (Wildman–Crippen MR) is 55.3 cm³/mol. The lowest BCUT2D eigenvalue weighted by Crippen LogP contribution is -2.27. The Morgan fingerprint density at radius 1 is 1.50 bits per heavy atom. The van der Waals surface area contributed by atoms with Crippen LogP contribution in [0.4, 0.5) is 5.69 Å². The number of hydrogen-bond donors (Lipinski definition) is 3. The topological polar surface area (TPSA) is 61.4 Å². The molecule has 0 saturated heterocycles. The molecule has 0 aliphatic carbocycles. The van der Waals surface area contributed by atoms with Crippen LogP contribution in [0, 0.1) is 0 Å². The van der Waals surface area contributed by atoms with Crippen LogP contribution in [0.1, 0.15) is 6.92 Å². The minimum Gasteiger partial charge on any atom is -0.508 e. The number of carbonyl (C=O) groups is 1. The maximum absolute atomic E-state index is 11.2. The van der Waals surface area contributed by atoms with Gasteiger partial charge in [0.15, 0.2) is 0 Å². The third kappa shape index (κ3) is 3.45. The monoisotopic (exact) mass is 194 g/mol. The van der Waals surface area contributed by atoms with Gasteiger partial charge in [0, 0.05) is 11.8 Å². The van der Waals surface area contributed by atoms with E-state index in [2.05, 4.69) is 10.6 Å². The van der Waals surface area contributed by atoms with Crippen molar-refractivity contribution in [2.45, 2.75) is 6.92 Å². The Hall–Kier alpha value is -1.55. The summed E-state index contributed by atoms with van der Waals surface area (Å²) in [5.41, 5.74) is 0.605. The van der Waals surface area contributed by atoms with E-state index < -0.39 is 0 Å². The number of phenolic OH excluding ortho intramolecular Hbond substituents is 1. The van der Waals surface area contributed by atoms with E-state index in [0.29, 0.717) is 5.69 Å². The summed E-state index contributed by atoms with van der Waals surface area (Å²) in [7, 11) is 0. The molecule has 0 radical (unpaired) electrons. The molecule has 4 heteroatoms. The second-order valence-electron chi connectivity index (χ2n) is 2.88. The van der Waals surface area contributed by atoms with Gasteiger partial charge in [0.05, 0.1) is 6.54 Å². The van der Waals surface area contributed by atoms with Gasteiger partial charge >= 0.3 is 0 Å². The van der Waals surface area contributed by atoms with E-state index in [1.807, 2.05) is 6.92 Å². The smallest absolute Gasteiger partial charge is 0.238 e. The Balaban J connectivity index is 2.47. The van der Waals surface area contributed by atoms with Gasteiger partial charge in [-0.15, -0.1) is 0 Å². The number of likely N-dealkylation sites (N-methyl/N-ethyl adjacent to an activating group) is 1. The summed E-state index contributed by atoms with van der Waals surface area (Å²) in [6.07, 6.45) is 0. The minimum absolute atomic E-state index is 0.113. The van der Waals surface area contributed by atoms with Crippen LogP contribution < -0.4 is 10.6 Å². The summed E-state index contributed by atoms with van der Waals surface area (Å²) in [6.45, 7) is 2.97. The first kappa shape index (κ1) is 10.5. The Morgan fingerprint density at radius 3 is 2.93 bits per heavy atom. The Kier molecular flexibility index (Phi) is 3.94. The molecule has 0 spiro atoms. The predicted octanol–water partition coefficient (Wildman–Crippen LogP) is 0.940. The van der Waals surface area contributed by atoms with Gasteiger partial charge < -0.3 is 15.7 Å². The quantitative estimate of drug-likeness (QED) is 0.668. The van der Waals surface area contributed by atoms with E-state index in [9.17, 15) is 4.79 Å². The fourth-order valence-electron chi connectivity index (χ4n) is 1.03. The number of nitrogens with one attached hydrogen (secondary N) is 2. The summed E-state index contributed by atoms with van der Waals surface area (Å²) in [5, 5.41) is 14.7. The highest BCUT2D eigenvalue weighted by Gasteiger charge is 2.00. The third-order valence-electron chi connectivity index (χ3n) is 1.67. The molecule has 0 fully saturated rings. The van der Waals surface area contributed by atoms with E-state index in [-0.39, 0.29) is 18.2 Å². The molecule has 0 saturated carbocycles. The summed E-state index contributed by atoms with van der Waals surface area (Å²) in [6, 6.07) is 6.46. The molecule has 0 atom stereocenters. The van der Waals surface area contributed by atoms with Gasteiger partial charge in [0.1, 0.15) is 5.75 Å². The number of rotatable bonds is 4. The summed E-state index contributed by atoms with van der Waals surface area (Å²) in [5.74, 6) is 0.0312. The van der Waals surface area contributed by atoms with Crippen LogP contribution in [0.2, 0.25) is 0 Å². The molecule has 3 N–H and O–H groups in total. The van der Waals surface area contributed by atoms with Crippen molar-refractivity contribution in [3.63, 3.8) is 0 Å². The van der Waals surface area contributed by atoms with Crippen molar-refractivity contribution in [3.05, 3.63) is 24.3 Å². The van der Waals surface area contributed by atoms with Crippen molar-refractivity contribution >= 4 is 11.6 Å². The fourth-order valence-corrected chi connectivity index (χ4v) is 1.03. The van der Waals surface area contributed by atoms with Crippen LogP contribution >= 0.6 is 0 Å². The number of carbonyl (C=O) groups excluding carboxylic acids is 1. The average Bonchev–Trinajstić information content (AvgIpc) is 2.15. The number of hydrogen-bond acceptors (Lipinski definition) is 3. The van der Waals surface area contributed by atoms with Gasteiger partial charge in [0.25, 0.3) is 0 Å². The van der Waals surface area contributed by atoms with Gasteiger partial charge in [-0.25, -0.2) is 0 Å². The summed E-state index contributed by atoms with van der Waals surface area (Å²) in [4.78, 5) is 11.2. The van der Waals surface area contributed by atoms with Crippen molar-refractivity contribution in [3.8, 4) is 5.75 Å². The first-order chi connectivity index (χ1) is 6.72. The van der Waals surface area contributed by atoms with Crippen molar-refractivity contribution < 1.29 is 9.90 Å². The lowest BCUT2D eigenvalue weighted by Gasteiger charge is -2.05. The molecular formula is C10H14N2O2. The van der Waals surface area contributed by atoms with Crippen molar-refractivity contribution in [2.75, 3.05) is 18.4 Å². The van der Waals surface area contributed by atoms with Gasteiger partial charge in [0.2, 0.25) is 5.91 Å². The zero-order valence-electron chi connectivity index (χ0n) is 8.08. The fraction of sp³-hybridized carbons (Fsp3) is 0.300. The molecule has 1 amide bonds. The Morgan fingerprint density at radius 2 is 2.29 bits per heavy atom. The SMILES string of the molecule is CCNCC(=O)Nc1cccc(O)c1. The molecule has 14 heavy (non-hydrogen) atoms. The largest absolute Gasteiger partial charge is 0.508 e. The van der Waals surface area contributed by atoms with Gasteiger partial charge in [-0.05, 0) is 18.7 Å². The third-order valence-corrected chi connectivity index (χ3v) is 1.67. The normalized spacial score (nSPS) is 9.79. The second-order valence-corrected chi connectivity index (χ2v) is 2.88. The Bertz CT molecular complexity index is 313. The van der Waals surface area contributed by atoms with Crippen molar-refractivity contribution in [2.24, 2.45) is 0 Å².